The largest absolute Gasteiger partial charge is 0.467 e. The van der Waals surface area contributed by atoms with Crippen LogP contribution in [0.3, 0.4) is 0 Å². The minimum Gasteiger partial charge on any atom is -0.467 e. The summed E-state index contributed by atoms with van der Waals surface area (Å²) in [6.45, 7) is 3.95. The standard InChI is InChI=1S/C24H26N2O5/c1-15(2)12-19(24(29)30-3)26-22(27)13-16-8-10-18(11-9-16)25-23(28)21-14-17-6-4-5-7-20(17)31-21/h4-11,14-15,19H,12-13H2,1-3H3,(H,25,28)(H,26,27). The first-order valence-corrected chi connectivity index (χ1v) is 10.1. The van der Waals surface area contributed by atoms with Crippen LogP contribution in [0.25, 0.3) is 11.0 Å². The van der Waals surface area contributed by atoms with Gasteiger partial charge in [0.1, 0.15) is 11.6 Å². The molecule has 7 nitrogen and oxygen atoms in total. The maximum Gasteiger partial charge on any atom is 0.328 e. The van der Waals surface area contributed by atoms with E-state index in [2.05, 4.69) is 10.6 Å². The van der Waals surface area contributed by atoms with Crippen LogP contribution in [0.2, 0.25) is 0 Å². The molecule has 162 valence electrons. The van der Waals surface area contributed by atoms with E-state index in [1.807, 2.05) is 32.0 Å². The number of nitrogens with one attached hydrogen (secondary N) is 2. The third kappa shape index (κ3) is 5.94. The second kappa shape index (κ2) is 9.93. The van der Waals surface area contributed by atoms with Gasteiger partial charge in [-0.3, -0.25) is 9.59 Å². The Balaban J connectivity index is 1.58. The van der Waals surface area contributed by atoms with E-state index in [0.29, 0.717) is 17.7 Å². The van der Waals surface area contributed by atoms with Gasteiger partial charge in [-0.05, 0) is 42.2 Å². The molecule has 0 aliphatic heterocycles. The van der Waals surface area contributed by atoms with Crippen molar-refractivity contribution in [3.8, 4) is 0 Å². The molecule has 0 saturated heterocycles. The van der Waals surface area contributed by atoms with Gasteiger partial charge in [-0.2, -0.15) is 0 Å². The number of hydrogen-bond donors (Lipinski definition) is 2. The van der Waals surface area contributed by atoms with E-state index in [9.17, 15) is 14.4 Å². The zero-order valence-corrected chi connectivity index (χ0v) is 17.8. The monoisotopic (exact) mass is 422 g/mol. The fraction of sp³-hybridized carbons (Fsp3) is 0.292. The maximum absolute atomic E-state index is 12.4. The van der Waals surface area contributed by atoms with Crippen LogP contribution in [0.15, 0.2) is 59.0 Å². The summed E-state index contributed by atoms with van der Waals surface area (Å²) in [5.41, 5.74) is 1.99. The molecule has 0 saturated carbocycles. The van der Waals surface area contributed by atoms with Crippen molar-refractivity contribution in [2.45, 2.75) is 32.7 Å². The SMILES string of the molecule is COC(=O)C(CC(C)C)NC(=O)Cc1ccc(NC(=O)c2cc3ccccc3o2)cc1. The minimum atomic E-state index is -0.667. The summed E-state index contributed by atoms with van der Waals surface area (Å²) < 4.78 is 10.3. The number of methoxy groups -OCH3 is 1. The summed E-state index contributed by atoms with van der Waals surface area (Å²) in [7, 11) is 1.31. The number of ether oxygens (including phenoxy) is 1. The van der Waals surface area contributed by atoms with Gasteiger partial charge >= 0.3 is 5.97 Å². The minimum absolute atomic E-state index is 0.114. The molecule has 0 bridgehead atoms. The highest BCUT2D eigenvalue weighted by Gasteiger charge is 2.22. The van der Waals surface area contributed by atoms with Crippen LogP contribution in [-0.2, 0) is 20.7 Å². The molecule has 2 N–H and O–H groups in total. The van der Waals surface area contributed by atoms with Gasteiger partial charge in [-0.1, -0.05) is 44.2 Å². The number of esters is 1. The smallest absolute Gasteiger partial charge is 0.328 e. The van der Waals surface area contributed by atoms with Crippen LogP contribution in [-0.4, -0.2) is 30.9 Å². The molecule has 31 heavy (non-hydrogen) atoms. The Morgan fingerprint density at radius 1 is 1.03 bits per heavy atom. The van der Waals surface area contributed by atoms with Gasteiger partial charge in [0, 0.05) is 11.1 Å². The molecule has 0 aliphatic rings. The first-order valence-electron chi connectivity index (χ1n) is 10.1. The number of furan rings is 1. The van der Waals surface area contributed by atoms with Crippen LogP contribution >= 0.6 is 0 Å². The Bertz CT molecular complexity index is 1040. The van der Waals surface area contributed by atoms with Crippen LogP contribution < -0.4 is 10.6 Å². The lowest BCUT2D eigenvalue weighted by molar-refractivity contribution is -0.145. The molecule has 0 fully saturated rings. The van der Waals surface area contributed by atoms with E-state index in [4.69, 9.17) is 9.15 Å². The van der Waals surface area contributed by atoms with Gasteiger partial charge in [0.2, 0.25) is 5.91 Å². The number of amides is 2. The van der Waals surface area contributed by atoms with Crippen LogP contribution in [0, 0.1) is 5.92 Å². The van der Waals surface area contributed by atoms with Crippen molar-refractivity contribution >= 4 is 34.4 Å². The first-order chi connectivity index (χ1) is 14.9. The lowest BCUT2D eigenvalue weighted by atomic mass is 10.0. The van der Waals surface area contributed by atoms with Crippen molar-refractivity contribution in [2.75, 3.05) is 12.4 Å². The van der Waals surface area contributed by atoms with Crippen molar-refractivity contribution in [3.63, 3.8) is 0 Å². The van der Waals surface area contributed by atoms with Crippen molar-refractivity contribution in [2.24, 2.45) is 5.92 Å². The maximum atomic E-state index is 12.4. The summed E-state index contributed by atoms with van der Waals surface area (Å²) >= 11 is 0. The average molecular weight is 422 g/mol. The first kappa shape index (κ1) is 22.1. The van der Waals surface area contributed by atoms with Crippen molar-refractivity contribution in [1.29, 1.82) is 0 Å². The second-order valence-electron chi connectivity index (χ2n) is 7.75. The number of carbonyl (C=O) groups excluding carboxylic acids is 3. The number of rotatable bonds is 8. The molecule has 1 atom stereocenters. The number of anilines is 1. The summed E-state index contributed by atoms with van der Waals surface area (Å²) in [4.78, 5) is 36.7. The Labute approximate surface area is 180 Å². The highest BCUT2D eigenvalue weighted by Crippen LogP contribution is 2.20. The lowest BCUT2D eigenvalue weighted by Gasteiger charge is -2.18. The highest BCUT2D eigenvalue weighted by atomic mass is 16.5. The fourth-order valence-electron chi connectivity index (χ4n) is 3.25. The average Bonchev–Trinajstić information content (AvgIpc) is 3.18. The molecule has 2 amide bonds. The molecular weight excluding hydrogens is 396 g/mol. The molecule has 7 heteroatoms. The van der Waals surface area contributed by atoms with Gasteiger partial charge in [-0.25, -0.2) is 4.79 Å². The molecule has 2 aromatic carbocycles. The molecule has 1 unspecified atom stereocenters. The zero-order valence-electron chi connectivity index (χ0n) is 17.8. The Morgan fingerprint density at radius 3 is 2.39 bits per heavy atom. The van der Waals surface area contributed by atoms with E-state index in [-0.39, 0.29) is 29.9 Å². The van der Waals surface area contributed by atoms with Gasteiger partial charge in [-0.15, -0.1) is 0 Å². The van der Waals surface area contributed by atoms with Crippen LogP contribution in [0.4, 0.5) is 5.69 Å². The van der Waals surface area contributed by atoms with E-state index in [0.717, 1.165) is 10.9 Å². The van der Waals surface area contributed by atoms with E-state index < -0.39 is 12.0 Å². The Kier molecular flexibility index (Phi) is 7.07. The predicted molar refractivity (Wildman–Crippen MR) is 118 cm³/mol. The van der Waals surface area contributed by atoms with E-state index in [1.165, 1.54) is 7.11 Å². The number of fused-ring (bicyclic) bond motifs is 1. The van der Waals surface area contributed by atoms with Gasteiger partial charge in [0.25, 0.3) is 5.91 Å². The molecule has 1 aromatic heterocycles. The summed E-state index contributed by atoms with van der Waals surface area (Å²) in [5.74, 6) is -0.611. The third-order valence-electron chi connectivity index (χ3n) is 4.75. The Hall–Kier alpha value is -3.61. The molecule has 3 aromatic rings. The molecule has 1 heterocycles. The third-order valence-corrected chi connectivity index (χ3v) is 4.75. The predicted octanol–water partition coefficient (Wildman–Crippen LogP) is 3.93. The van der Waals surface area contributed by atoms with Crippen LogP contribution in [0.5, 0.6) is 0 Å². The highest BCUT2D eigenvalue weighted by molar-refractivity contribution is 6.04. The van der Waals surface area contributed by atoms with E-state index >= 15 is 0 Å². The molecular formula is C24H26N2O5. The fourth-order valence-corrected chi connectivity index (χ4v) is 3.25. The second-order valence-corrected chi connectivity index (χ2v) is 7.75. The summed E-state index contributed by atoms with van der Waals surface area (Å²) in [5, 5.41) is 6.37. The number of benzene rings is 2. The van der Waals surface area contributed by atoms with Gasteiger partial charge in [0.05, 0.1) is 13.5 Å². The van der Waals surface area contributed by atoms with Crippen LogP contribution in [0.1, 0.15) is 36.4 Å². The van der Waals surface area contributed by atoms with Gasteiger partial charge < -0.3 is 19.8 Å². The molecule has 0 spiro atoms. The lowest BCUT2D eigenvalue weighted by Crippen LogP contribution is -2.43. The number of para-hydroxylation sites is 1. The summed E-state index contributed by atoms with van der Waals surface area (Å²) in [6.07, 6.45) is 0.620. The number of hydrogen-bond acceptors (Lipinski definition) is 5. The number of carbonyl (C=O) groups is 3. The summed E-state index contributed by atoms with van der Waals surface area (Å²) in [6, 6.07) is 15.4. The molecule has 3 rings (SSSR count). The van der Waals surface area contributed by atoms with Gasteiger partial charge in [0.15, 0.2) is 5.76 Å². The normalized spacial score (nSPS) is 11.9. The van der Waals surface area contributed by atoms with Crippen molar-refractivity contribution < 1.29 is 23.5 Å². The van der Waals surface area contributed by atoms with Crippen molar-refractivity contribution in [3.05, 3.63) is 65.9 Å². The Morgan fingerprint density at radius 2 is 1.74 bits per heavy atom. The quantitative estimate of drug-likeness (QED) is 0.536. The zero-order chi connectivity index (χ0) is 22.4. The molecule has 0 aliphatic carbocycles. The van der Waals surface area contributed by atoms with Crippen molar-refractivity contribution in [1.82, 2.24) is 5.32 Å². The molecule has 0 radical (unpaired) electrons. The van der Waals surface area contributed by atoms with E-state index in [1.54, 1.807) is 36.4 Å². The topological polar surface area (TPSA) is 97.6 Å².